The van der Waals surface area contributed by atoms with Crippen molar-refractivity contribution in [2.24, 2.45) is 0 Å². The highest BCUT2D eigenvalue weighted by molar-refractivity contribution is 5.84. The van der Waals surface area contributed by atoms with Crippen LogP contribution in [0.15, 0.2) is 67.0 Å². The fourth-order valence-electron chi connectivity index (χ4n) is 3.04. The molecule has 4 aromatic rings. The zero-order valence-corrected chi connectivity index (χ0v) is 16.3. The van der Waals surface area contributed by atoms with Gasteiger partial charge in [0.25, 0.3) is 0 Å². The lowest BCUT2D eigenvalue weighted by molar-refractivity contribution is 0.202. The average Bonchev–Trinajstić information content (AvgIpc) is 2.77. The molecule has 0 amide bonds. The predicted molar refractivity (Wildman–Crippen MR) is 113 cm³/mol. The van der Waals surface area contributed by atoms with Crippen LogP contribution >= 0.6 is 0 Å². The Balaban J connectivity index is 1.55. The molecule has 0 spiro atoms. The summed E-state index contributed by atoms with van der Waals surface area (Å²) in [6, 6.07) is 14.8. The minimum absolute atomic E-state index is 0.280. The van der Waals surface area contributed by atoms with Crippen LogP contribution in [-0.2, 0) is 11.2 Å². The van der Waals surface area contributed by atoms with Gasteiger partial charge in [-0.2, -0.15) is 0 Å². The molecule has 0 aliphatic heterocycles. The fourth-order valence-corrected chi connectivity index (χ4v) is 3.04. The molecule has 0 aliphatic rings. The zero-order chi connectivity index (χ0) is 20.9. The maximum absolute atomic E-state index is 14.6. The van der Waals surface area contributed by atoms with Gasteiger partial charge in [-0.15, -0.1) is 0 Å². The summed E-state index contributed by atoms with van der Waals surface area (Å²) in [5.41, 5.74) is 2.56. The van der Waals surface area contributed by atoms with E-state index in [1.807, 2.05) is 6.07 Å². The Morgan fingerprint density at radius 2 is 1.63 bits per heavy atom. The van der Waals surface area contributed by atoms with Crippen molar-refractivity contribution in [3.05, 3.63) is 95.3 Å². The number of benzene rings is 3. The highest BCUT2D eigenvalue weighted by atomic mass is 19.1. The molecular weight excluding hydrogens is 382 g/mol. The summed E-state index contributed by atoms with van der Waals surface area (Å²) >= 11 is 0. The number of ether oxygens (including phenoxy) is 1. The largest absolute Gasteiger partial charge is 0.384 e. The van der Waals surface area contributed by atoms with E-state index in [9.17, 15) is 8.78 Å². The Hall–Kier alpha value is -3.62. The standard InChI is InChI=1S/C25H18F2N2O/c1-30-11-10-18-15-28-25(29-16-18)22-7-6-19(24(27)14-22)4-2-17-3-5-21-13-23(26)9-8-20(21)12-17/h3,5-9,12-16H,10-11H2,1H3. The van der Waals surface area contributed by atoms with E-state index in [2.05, 4.69) is 21.8 Å². The highest BCUT2D eigenvalue weighted by Crippen LogP contribution is 2.19. The van der Waals surface area contributed by atoms with Crippen LogP contribution in [0.25, 0.3) is 22.2 Å². The van der Waals surface area contributed by atoms with Crippen molar-refractivity contribution in [1.82, 2.24) is 9.97 Å². The van der Waals surface area contributed by atoms with Gasteiger partial charge >= 0.3 is 0 Å². The summed E-state index contributed by atoms with van der Waals surface area (Å²) in [5, 5.41) is 1.68. The van der Waals surface area contributed by atoms with Gasteiger partial charge in [0.2, 0.25) is 0 Å². The van der Waals surface area contributed by atoms with E-state index in [0.717, 1.165) is 28.3 Å². The third-order valence-electron chi connectivity index (χ3n) is 4.67. The molecule has 0 N–H and O–H groups in total. The SMILES string of the molecule is COCCc1cnc(-c2ccc(C#Cc3ccc4cc(F)ccc4c3)c(F)c2)nc1. The van der Waals surface area contributed by atoms with Gasteiger partial charge in [0.15, 0.2) is 5.82 Å². The topological polar surface area (TPSA) is 35.0 Å². The lowest BCUT2D eigenvalue weighted by atomic mass is 10.1. The molecule has 1 aromatic heterocycles. The number of rotatable bonds is 4. The van der Waals surface area contributed by atoms with Gasteiger partial charge in [-0.05, 0) is 65.2 Å². The van der Waals surface area contributed by atoms with E-state index in [1.165, 1.54) is 18.2 Å². The Kier molecular flexibility index (Phi) is 5.78. The lowest BCUT2D eigenvalue weighted by Gasteiger charge is -2.04. The van der Waals surface area contributed by atoms with Crippen LogP contribution in [0.3, 0.4) is 0 Å². The highest BCUT2D eigenvalue weighted by Gasteiger charge is 2.06. The van der Waals surface area contributed by atoms with E-state index < -0.39 is 5.82 Å². The second-order valence-electron chi connectivity index (χ2n) is 6.81. The van der Waals surface area contributed by atoms with Crippen molar-refractivity contribution < 1.29 is 13.5 Å². The maximum atomic E-state index is 14.6. The molecule has 30 heavy (non-hydrogen) atoms. The molecule has 148 valence electrons. The minimum Gasteiger partial charge on any atom is -0.384 e. The Labute approximate surface area is 173 Å². The molecule has 0 fully saturated rings. The van der Waals surface area contributed by atoms with Crippen molar-refractivity contribution >= 4 is 10.8 Å². The van der Waals surface area contributed by atoms with Gasteiger partial charge in [-0.3, -0.25) is 0 Å². The lowest BCUT2D eigenvalue weighted by Crippen LogP contribution is -1.98. The fraction of sp³-hybridized carbons (Fsp3) is 0.120. The van der Waals surface area contributed by atoms with E-state index in [-0.39, 0.29) is 11.4 Å². The zero-order valence-electron chi connectivity index (χ0n) is 16.3. The Morgan fingerprint density at radius 1 is 0.867 bits per heavy atom. The van der Waals surface area contributed by atoms with Crippen molar-refractivity contribution in [3.8, 4) is 23.2 Å². The molecule has 0 bridgehead atoms. The van der Waals surface area contributed by atoms with E-state index in [4.69, 9.17) is 4.74 Å². The maximum Gasteiger partial charge on any atom is 0.159 e. The quantitative estimate of drug-likeness (QED) is 0.444. The number of nitrogens with zero attached hydrogens (tertiary/aromatic N) is 2. The molecule has 0 saturated heterocycles. The molecule has 0 unspecified atom stereocenters. The number of fused-ring (bicyclic) bond motifs is 1. The van der Waals surface area contributed by atoms with E-state index in [1.54, 1.807) is 49.8 Å². The average molecular weight is 400 g/mol. The van der Waals surface area contributed by atoms with Crippen LogP contribution < -0.4 is 0 Å². The van der Waals surface area contributed by atoms with Gasteiger partial charge < -0.3 is 4.74 Å². The van der Waals surface area contributed by atoms with Crippen LogP contribution in [-0.4, -0.2) is 23.7 Å². The van der Waals surface area contributed by atoms with Gasteiger partial charge in [-0.1, -0.05) is 24.0 Å². The number of methoxy groups -OCH3 is 1. The monoisotopic (exact) mass is 400 g/mol. The number of halogens is 2. The van der Waals surface area contributed by atoms with Crippen molar-refractivity contribution in [2.45, 2.75) is 6.42 Å². The molecule has 0 atom stereocenters. The normalized spacial score (nSPS) is 10.6. The summed E-state index contributed by atoms with van der Waals surface area (Å²) in [6.45, 7) is 0.596. The molecule has 1 heterocycles. The van der Waals surface area contributed by atoms with Gasteiger partial charge in [0.1, 0.15) is 11.6 Å². The first-order valence-corrected chi connectivity index (χ1v) is 9.43. The minimum atomic E-state index is -0.435. The molecule has 3 nitrogen and oxygen atoms in total. The third kappa shape index (κ3) is 4.51. The summed E-state index contributed by atoms with van der Waals surface area (Å²) in [4.78, 5) is 8.61. The van der Waals surface area contributed by atoms with E-state index >= 15 is 0 Å². The molecule has 0 aliphatic carbocycles. The van der Waals surface area contributed by atoms with Gasteiger partial charge in [0, 0.05) is 30.6 Å². The summed E-state index contributed by atoms with van der Waals surface area (Å²) in [5.74, 6) is 5.57. The third-order valence-corrected chi connectivity index (χ3v) is 4.67. The second-order valence-corrected chi connectivity index (χ2v) is 6.81. The molecule has 4 rings (SSSR count). The summed E-state index contributed by atoms with van der Waals surface area (Å²) < 4.78 is 32.9. The molecule has 0 radical (unpaired) electrons. The molecule has 3 aromatic carbocycles. The van der Waals surface area contributed by atoms with Gasteiger partial charge in [0.05, 0.1) is 12.2 Å². The first-order chi connectivity index (χ1) is 14.6. The van der Waals surface area contributed by atoms with Crippen molar-refractivity contribution in [2.75, 3.05) is 13.7 Å². The van der Waals surface area contributed by atoms with Crippen LogP contribution in [0.5, 0.6) is 0 Å². The first-order valence-electron chi connectivity index (χ1n) is 9.43. The first kappa shape index (κ1) is 19.7. The predicted octanol–water partition coefficient (Wildman–Crippen LogP) is 5.16. The van der Waals surface area contributed by atoms with Crippen molar-refractivity contribution in [3.63, 3.8) is 0 Å². The molecule has 0 saturated carbocycles. The van der Waals surface area contributed by atoms with Crippen molar-refractivity contribution in [1.29, 1.82) is 0 Å². The molecule has 5 heteroatoms. The van der Waals surface area contributed by atoms with Crippen LogP contribution in [0, 0.1) is 23.5 Å². The summed E-state index contributed by atoms with van der Waals surface area (Å²) in [6.07, 6.45) is 4.17. The molecular formula is C25H18F2N2O. The Morgan fingerprint density at radius 3 is 2.40 bits per heavy atom. The van der Waals surface area contributed by atoms with Crippen LogP contribution in [0.4, 0.5) is 8.78 Å². The number of aromatic nitrogens is 2. The van der Waals surface area contributed by atoms with Crippen LogP contribution in [0.1, 0.15) is 16.7 Å². The number of hydrogen-bond acceptors (Lipinski definition) is 3. The van der Waals surface area contributed by atoms with Crippen LogP contribution in [0.2, 0.25) is 0 Å². The smallest absolute Gasteiger partial charge is 0.159 e. The second kappa shape index (κ2) is 8.81. The number of hydrogen-bond donors (Lipinski definition) is 0. The Bertz CT molecular complexity index is 1260. The summed E-state index contributed by atoms with van der Waals surface area (Å²) in [7, 11) is 1.64. The van der Waals surface area contributed by atoms with Gasteiger partial charge in [-0.25, -0.2) is 18.7 Å². The van der Waals surface area contributed by atoms with E-state index in [0.29, 0.717) is 18.0 Å².